The molecule has 0 atom stereocenters. The molecule has 2 aromatic rings. The van der Waals surface area contributed by atoms with Gasteiger partial charge in [-0.25, -0.2) is 17.6 Å². The molecule has 0 radical (unpaired) electrons. The first kappa shape index (κ1) is 18.5. The maximum atomic E-state index is 13.7. The Morgan fingerprint density at radius 1 is 1.12 bits per heavy atom. The maximum absolute atomic E-state index is 13.7. The average Bonchev–Trinajstić information content (AvgIpc) is 2.56. The minimum Gasteiger partial charge on any atom is -0.493 e. The summed E-state index contributed by atoms with van der Waals surface area (Å²) < 4.78 is 50.8. The predicted octanol–water partition coefficient (Wildman–Crippen LogP) is 2.65. The van der Waals surface area contributed by atoms with Gasteiger partial charge in [0.15, 0.2) is 11.5 Å². The van der Waals surface area contributed by atoms with Crippen LogP contribution in [0.3, 0.4) is 0 Å². The van der Waals surface area contributed by atoms with E-state index in [1.165, 1.54) is 39.3 Å². The van der Waals surface area contributed by atoms with Crippen molar-refractivity contribution in [2.75, 3.05) is 18.9 Å². The van der Waals surface area contributed by atoms with Gasteiger partial charge in [-0.2, -0.15) is 0 Å². The summed E-state index contributed by atoms with van der Waals surface area (Å²) in [5.41, 5.74) is -0.281. The van der Waals surface area contributed by atoms with Crippen molar-refractivity contribution in [1.82, 2.24) is 0 Å². The zero-order chi connectivity index (χ0) is 18.8. The van der Waals surface area contributed by atoms with Crippen molar-refractivity contribution < 1.29 is 32.2 Å². The first-order chi connectivity index (χ1) is 11.7. The van der Waals surface area contributed by atoms with E-state index in [4.69, 9.17) is 9.47 Å². The zero-order valence-electron chi connectivity index (χ0n) is 13.7. The molecule has 0 unspecified atom stereocenters. The molecular formula is C16H16FNO6S. The van der Waals surface area contributed by atoms with Gasteiger partial charge in [-0.3, -0.25) is 4.72 Å². The number of halogens is 1. The second kappa shape index (κ2) is 6.98. The summed E-state index contributed by atoms with van der Waals surface area (Å²) >= 11 is 0. The Labute approximate surface area is 144 Å². The molecule has 0 aliphatic rings. The summed E-state index contributed by atoms with van der Waals surface area (Å²) in [5.74, 6) is -1.79. The number of benzene rings is 2. The lowest BCUT2D eigenvalue weighted by Crippen LogP contribution is -2.16. The standard InChI is InChI=1S/C16H16FNO6S/c1-9-4-5-10(6-12(9)17)25(21,22)18-13-8-15(24-3)14(23-2)7-11(13)16(19)20/h4-8,18H,1-3H3,(H,19,20). The van der Waals surface area contributed by atoms with Gasteiger partial charge in [-0.1, -0.05) is 6.07 Å². The van der Waals surface area contributed by atoms with Gasteiger partial charge >= 0.3 is 5.97 Å². The van der Waals surface area contributed by atoms with Gasteiger partial charge in [0.25, 0.3) is 10.0 Å². The molecule has 0 aromatic heterocycles. The second-order valence-electron chi connectivity index (χ2n) is 5.07. The highest BCUT2D eigenvalue weighted by molar-refractivity contribution is 7.92. The molecule has 0 bridgehead atoms. The second-order valence-corrected chi connectivity index (χ2v) is 6.76. The quantitative estimate of drug-likeness (QED) is 0.812. The highest BCUT2D eigenvalue weighted by Gasteiger charge is 2.22. The van der Waals surface area contributed by atoms with Gasteiger partial charge in [0.05, 0.1) is 30.4 Å². The molecule has 0 amide bonds. The minimum absolute atomic E-state index is 0.129. The van der Waals surface area contributed by atoms with E-state index < -0.39 is 21.8 Å². The monoisotopic (exact) mass is 369 g/mol. The number of hydrogen-bond acceptors (Lipinski definition) is 5. The van der Waals surface area contributed by atoms with Crippen LogP contribution in [-0.4, -0.2) is 33.7 Å². The Balaban J connectivity index is 2.54. The number of anilines is 1. The molecule has 0 spiro atoms. The van der Waals surface area contributed by atoms with Crippen molar-refractivity contribution in [1.29, 1.82) is 0 Å². The number of ether oxygens (including phenoxy) is 2. The van der Waals surface area contributed by atoms with Gasteiger partial charge in [0, 0.05) is 12.1 Å². The van der Waals surface area contributed by atoms with Crippen LogP contribution in [0.25, 0.3) is 0 Å². The number of aromatic carboxylic acids is 1. The Hall–Kier alpha value is -2.81. The van der Waals surface area contributed by atoms with Crippen molar-refractivity contribution in [3.05, 3.63) is 47.3 Å². The van der Waals surface area contributed by atoms with E-state index >= 15 is 0 Å². The number of carboxylic acids is 1. The minimum atomic E-state index is -4.20. The van der Waals surface area contributed by atoms with Crippen LogP contribution in [-0.2, 0) is 10.0 Å². The van der Waals surface area contributed by atoms with Crippen LogP contribution in [0.4, 0.5) is 10.1 Å². The first-order valence-corrected chi connectivity index (χ1v) is 8.46. The summed E-state index contributed by atoms with van der Waals surface area (Å²) in [6, 6.07) is 5.72. The van der Waals surface area contributed by atoms with Crippen LogP contribution < -0.4 is 14.2 Å². The zero-order valence-corrected chi connectivity index (χ0v) is 14.5. The SMILES string of the molecule is COc1cc(NS(=O)(=O)c2ccc(C)c(F)c2)c(C(=O)O)cc1OC. The summed E-state index contributed by atoms with van der Waals surface area (Å²) in [7, 11) is -1.56. The van der Waals surface area contributed by atoms with Crippen LogP contribution >= 0.6 is 0 Å². The Morgan fingerprint density at radius 3 is 2.24 bits per heavy atom. The Kier molecular flexibility index (Phi) is 5.17. The van der Waals surface area contributed by atoms with Crippen LogP contribution in [0, 0.1) is 12.7 Å². The van der Waals surface area contributed by atoms with Gasteiger partial charge in [-0.05, 0) is 24.6 Å². The number of nitrogens with one attached hydrogen (secondary N) is 1. The van der Waals surface area contributed by atoms with E-state index in [0.717, 1.165) is 12.1 Å². The van der Waals surface area contributed by atoms with Gasteiger partial charge in [0.1, 0.15) is 5.82 Å². The number of sulfonamides is 1. The molecular weight excluding hydrogens is 353 g/mol. The van der Waals surface area contributed by atoms with Crippen LogP contribution in [0.15, 0.2) is 35.2 Å². The number of carboxylic acid groups (broad SMARTS) is 1. The van der Waals surface area contributed by atoms with Crippen molar-refractivity contribution in [2.24, 2.45) is 0 Å². The van der Waals surface area contributed by atoms with Crippen LogP contribution in [0.5, 0.6) is 11.5 Å². The molecule has 2 rings (SSSR count). The highest BCUT2D eigenvalue weighted by Crippen LogP contribution is 2.34. The lowest BCUT2D eigenvalue weighted by molar-refractivity contribution is 0.0697. The fourth-order valence-electron chi connectivity index (χ4n) is 2.08. The molecule has 0 aliphatic carbocycles. The van der Waals surface area contributed by atoms with E-state index in [1.54, 1.807) is 0 Å². The first-order valence-electron chi connectivity index (χ1n) is 6.98. The molecule has 0 aliphatic heterocycles. The number of aryl methyl sites for hydroxylation is 1. The van der Waals surface area contributed by atoms with E-state index in [0.29, 0.717) is 0 Å². The average molecular weight is 369 g/mol. The van der Waals surface area contributed by atoms with E-state index in [2.05, 4.69) is 4.72 Å². The highest BCUT2D eigenvalue weighted by atomic mass is 32.2. The van der Waals surface area contributed by atoms with Crippen molar-refractivity contribution in [3.8, 4) is 11.5 Å². The van der Waals surface area contributed by atoms with E-state index in [1.807, 2.05) is 0 Å². The predicted molar refractivity (Wildman–Crippen MR) is 88.5 cm³/mol. The lowest BCUT2D eigenvalue weighted by atomic mass is 10.1. The normalized spacial score (nSPS) is 11.0. The third kappa shape index (κ3) is 3.82. The largest absolute Gasteiger partial charge is 0.493 e. The molecule has 7 nitrogen and oxygen atoms in total. The van der Waals surface area contributed by atoms with E-state index in [-0.39, 0.29) is 33.2 Å². The lowest BCUT2D eigenvalue weighted by Gasteiger charge is -2.15. The summed E-state index contributed by atoms with van der Waals surface area (Å²) in [6.07, 6.45) is 0. The van der Waals surface area contributed by atoms with E-state index in [9.17, 15) is 22.7 Å². The van der Waals surface area contributed by atoms with Crippen molar-refractivity contribution in [3.63, 3.8) is 0 Å². The van der Waals surface area contributed by atoms with Crippen LogP contribution in [0.1, 0.15) is 15.9 Å². The van der Waals surface area contributed by atoms with Crippen LogP contribution in [0.2, 0.25) is 0 Å². The molecule has 0 saturated heterocycles. The molecule has 25 heavy (non-hydrogen) atoms. The third-order valence-corrected chi connectivity index (χ3v) is 4.82. The number of carbonyl (C=O) groups is 1. The van der Waals surface area contributed by atoms with Crippen molar-refractivity contribution in [2.45, 2.75) is 11.8 Å². The summed E-state index contributed by atoms with van der Waals surface area (Å²) in [6.45, 7) is 1.50. The van der Waals surface area contributed by atoms with Gasteiger partial charge in [-0.15, -0.1) is 0 Å². The topological polar surface area (TPSA) is 102 Å². The fraction of sp³-hybridized carbons (Fsp3) is 0.188. The van der Waals surface area contributed by atoms with Crippen molar-refractivity contribution >= 4 is 21.7 Å². The Bertz CT molecular complexity index is 926. The smallest absolute Gasteiger partial charge is 0.337 e. The van der Waals surface area contributed by atoms with Gasteiger partial charge < -0.3 is 14.6 Å². The molecule has 0 saturated carbocycles. The fourth-order valence-corrected chi connectivity index (χ4v) is 3.17. The number of methoxy groups -OCH3 is 2. The Morgan fingerprint density at radius 2 is 1.72 bits per heavy atom. The third-order valence-electron chi connectivity index (χ3n) is 3.45. The molecule has 0 heterocycles. The molecule has 2 aromatic carbocycles. The molecule has 134 valence electrons. The number of rotatable bonds is 6. The molecule has 9 heteroatoms. The summed E-state index contributed by atoms with van der Waals surface area (Å²) in [5, 5.41) is 9.31. The number of hydrogen-bond donors (Lipinski definition) is 2. The van der Waals surface area contributed by atoms with Gasteiger partial charge in [0.2, 0.25) is 0 Å². The molecule has 0 fully saturated rings. The summed E-state index contributed by atoms with van der Waals surface area (Å²) in [4.78, 5) is 11.1. The maximum Gasteiger partial charge on any atom is 0.337 e. The molecule has 2 N–H and O–H groups in total.